The Morgan fingerprint density at radius 2 is 1.95 bits per heavy atom. The molecule has 1 aliphatic rings. The highest BCUT2D eigenvalue weighted by atomic mass is 16.5. The number of rotatable bonds is 5. The minimum atomic E-state index is -0.845. The van der Waals surface area contributed by atoms with Gasteiger partial charge in [-0.15, -0.1) is 0 Å². The quantitative estimate of drug-likeness (QED) is 0.853. The van der Waals surface area contributed by atoms with Crippen molar-refractivity contribution in [2.24, 2.45) is 5.41 Å². The van der Waals surface area contributed by atoms with Crippen molar-refractivity contribution in [1.29, 1.82) is 0 Å². The van der Waals surface area contributed by atoms with Gasteiger partial charge in [-0.05, 0) is 18.4 Å². The molecule has 5 nitrogen and oxygen atoms in total. The van der Waals surface area contributed by atoms with Crippen molar-refractivity contribution < 1.29 is 19.4 Å². The Labute approximate surface area is 111 Å². The van der Waals surface area contributed by atoms with Gasteiger partial charge in [-0.2, -0.15) is 0 Å². The van der Waals surface area contributed by atoms with Gasteiger partial charge in [0.05, 0.1) is 5.41 Å². The van der Waals surface area contributed by atoms with Crippen LogP contribution in [0.25, 0.3) is 0 Å². The van der Waals surface area contributed by atoms with Gasteiger partial charge in [-0.3, -0.25) is 4.79 Å². The van der Waals surface area contributed by atoms with Gasteiger partial charge in [0.2, 0.25) is 0 Å². The van der Waals surface area contributed by atoms with Gasteiger partial charge in [0.1, 0.15) is 6.61 Å². The van der Waals surface area contributed by atoms with Gasteiger partial charge in [0, 0.05) is 6.54 Å². The van der Waals surface area contributed by atoms with Crippen LogP contribution in [0.4, 0.5) is 4.79 Å². The molecule has 0 saturated heterocycles. The molecule has 1 amide bonds. The number of aliphatic carboxylic acids is 1. The summed E-state index contributed by atoms with van der Waals surface area (Å²) in [6.45, 7) is 0.322. The molecular weight excluding hydrogens is 246 g/mol. The van der Waals surface area contributed by atoms with Crippen molar-refractivity contribution in [3.05, 3.63) is 35.9 Å². The van der Waals surface area contributed by atoms with E-state index in [1.54, 1.807) is 0 Å². The summed E-state index contributed by atoms with van der Waals surface area (Å²) < 4.78 is 5.03. The minimum absolute atomic E-state index is 0.135. The highest BCUT2D eigenvalue weighted by Gasteiger charge is 2.44. The summed E-state index contributed by atoms with van der Waals surface area (Å²) >= 11 is 0. The molecule has 1 aliphatic carbocycles. The van der Waals surface area contributed by atoms with E-state index < -0.39 is 17.5 Å². The van der Waals surface area contributed by atoms with Crippen LogP contribution in [0, 0.1) is 5.41 Å². The van der Waals surface area contributed by atoms with E-state index in [-0.39, 0.29) is 13.2 Å². The first-order valence-corrected chi connectivity index (χ1v) is 6.30. The lowest BCUT2D eigenvalue weighted by atomic mass is 9.69. The number of carbonyl (C=O) groups excluding carboxylic acids is 1. The Hall–Kier alpha value is -2.04. The second-order valence-corrected chi connectivity index (χ2v) is 4.85. The maximum atomic E-state index is 11.5. The van der Waals surface area contributed by atoms with Crippen molar-refractivity contribution in [2.45, 2.75) is 25.9 Å². The van der Waals surface area contributed by atoms with Crippen molar-refractivity contribution >= 4 is 12.1 Å². The van der Waals surface area contributed by atoms with Crippen molar-refractivity contribution in [2.75, 3.05) is 6.54 Å². The maximum absolute atomic E-state index is 11.5. The third kappa shape index (κ3) is 3.24. The van der Waals surface area contributed by atoms with Gasteiger partial charge < -0.3 is 15.2 Å². The number of benzene rings is 1. The molecule has 1 saturated carbocycles. The van der Waals surface area contributed by atoms with E-state index >= 15 is 0 Å². The lowest BCUT2D eigenvalue weighted by molar-refractivity contribution is -0.153. The Kier molecular flexibility index (Phi) is 4.04. The molecule has 0 atom stereocenters. The molecule has 1 aromatic rings. The average Bonchev–Trinajstić information content (AvgIpc) is 2.36. The van der Waals surface area contributed by atoms with Crippen LogP contribution in [0.15, 0.2) is 30.3 Å². The molecule has 0 aromatic heterocycles. The predicted molar refractivity (Wildman–Crippen MR) is 68.5 cm³/mol. The molecule has 19 heavy (non-hydrogen) atoms. The van der Waals surface area contributed by atoms with Crippen LogP contribution in [-0.2, 0) is 16.1 Å². The molecule has 0 spiro atoms. The first kappa shape index (κ1) is 13.4. The largest absolute Gasteiger partial charge is 0.481 e. The van der Waals surface area contributed by atoms with Crippen LogP contribution in [0.5, 0.6) is 0 Å². The number of nitrogens with one attached hydrogen (secondary N) is 1. The lowest BCUT2D eigenvalue weighted by Crippen LogP contribution is -2.47. The Balaban J connectivity index is 1.74. The normalized spacial score (nSPS) is 16.2. The molecule has 1 aromatic carbocycles. The van der Waals surface area contributed by atoms with Gasteiger partial charge in [-0.25, -0.2) is 4.79 Å². The number of ether oxygens (including phenoxy) is 1. The fourth-order valence-electron chi connectivity index (χ4n) is 2.09. The van der Waals surface area contributed by atoms with E-state index in [4.69, 9.17) is 9.84 Å². The zero-order valence-electron chi connectivity index (χ0n) is 10.6. The molecule has 2 N–H and O–H groups in total. The summed E-state index contributed by atoms with van der Waals surface area (Å²) in [7, 11) is 0. The SMILES string of the molecule is O=C(NCC1(C(=O)O)CCC1)OCc1ccccc1. The molecule has 0 unspecified atom stereocenters. The van der Waals surface area contributed by atoms with Crippen LogP contribution in [-0.4, -0.2) is 23.7 Å². The van der Waals surface area contributed by atoms with E-state index in [0.29, 0.717) is 12.8 Å². The van der Waals surface area contributed by atoms with E-state index in [0.717, 1.165) is 12.0 Å². The highest BCUT2D eigenvalue weighted by molar-refractivity contribution is 5.77. The van der Waals surface area contributed by atoms with Crippen molar-refractivity contribution in [3.8, 4) is 0 Å². The van der Waals surface area contributed by atoms with Gasteiger partial charge in [0.15, 0.2) is 0 Å². The number of amides is 1. The Bertz CT molecular complexity index is 454. The van der Waals surface area contributed by atoms with Crippen LogP contribution >= 0.6 is 0 Å². The van der Waals surface area contributed by atoms with Gasteiger partial charge in [-0.1, -0.05) is 36.8 Å². The summed E-state index contributed by atoms with van der Waals surface area (Å²) in [5.41, 5.74) is 0.112. The number of hydrogen-bond acceptors (Lipinski definition) is 3. The fourth-order valence-corrected chi connectivity index (χ4v) is 2.09. The molecule has 0 heterocycles. The summed E-state index contributed by atoms with van der Waals surface area (Å²) in [6, 6.07) is 9.33. The smallest absolute Gasteiger partial charge is 0.407 e. The third-order valence-electron chi connectivity index (χ3n) is 3.55. The molecule has 0 bridgehead atoms. The fraction of sp³-hybridized carbons (Fsp3) is 0.429. The molecule has 0 radical (unpaired) electrons. The van der Waals surface area contributed by atoms with Crippen molar-refractivity contribution in [1.82, 2.24) is 5.32 Å². The summed E-state index contributed by atoms with van der Waals surface area (Å²) in [4.78, 5) is 22.6. The molecule has 1 fully saturated rings. The predicted octanol–water partition coefficient (Wildman–Crippen LogP) is 2.17. The lowest BCUT2D eigenvalue weighted by Gasteiger charge is -2.37. The third-order valence-corrected chi connectivity index (χ3v) is 3.55. The van der Waals surface area contributed by atoms with Crippen LogP contribution < -0.4 is 5.32 Å². The average molecular weight is 263 g/mol. The van der Waals surface area contributed by atoms with Gasteiger partial charge >= 0.3 is 12.1 Å². The standard InChI is InChI=1S/C14H17NO4/c16-12(17)14(7-4-8-14)10-15-13(18)19-9-11-5-2-1-3-6-11/h1-3,5-6H,4,7-10H2,(H,15,18)(H,16,17). The highest BCUT2D eigenvalue weighted by Crippen LogP contribution is 2.40. The van der Waals surface area contributed by atoms with E-state index in [1.165, 1.54) is 0 Å². The zero-order chi connectivity index (χ0) is 13.7. The summed E-state index contributed by atoms with van der Waals surface area (Å²) in [6.07, 6.45) is 1.55. The second-order valence-electron chi connectivity index (χ2n) is 4.85. The first-order chi connectivity index (χ1) is 9.12. The second kappa shape index (κ2) is 5.73. The number of hydrogen-bond donors (Lipinski definition) is 2. The zero-order valence-corrected chi connectivity index (χ0v) is 10.6. The molecular formula is C14H17NO4. The minimum Gasteiger partial charge on any atom is -0.481 e. The van der Waals surface area contributed by atoms with E-state index in [9.17, 15) is 9.59 Å². The van der Waals surface area contributed by atoms with Crippen LogP contribution in [0.2, 0.25) is 0 Å². The molecule has 102 valence electrons. The Morgan fingerprint density at radius 1 is 1.26 bits per heavy atom. The van der Waals surface area contributed by atoms with E-state index in [1.807, 2.05) is 30.3 Å². The molecule has 2 rings (SSSR count). The number of carboxylic acids is 1. The van der Waals surface area contributed by atoms with Crippen LogP contribution in [0.3, 0.4) is 0 Å². The monoisotopic (exact) mass is 263 g/mol. The van der Waals surface area contributed by atoms with Gasteiger partial charge in [0.25, 0.3) is 0 Å². The number of carbonyl (C=O) groups is 2. The van der Waals surface area contributed by atoms with E-state index in [2.05, 4.69) is 5.32 Å². The topological polar surface area (TPSA) is 75.6 Å². The van der Waals surface area contributed by atoms with Crippen molar-refractivity contribution in [3.63, 3.8) is 0 Å². The first-order valence-electron chi connectivity index (χ1n) is 6.30. The molecule has 0 aliphatic heterocycles. The summed E-state index contributed by atoms with van der Waals surface area (Å²) in [5.74, 6) is -0.845. The molecule has 5 heteroatoms. The number of alkyl carbamates (subject to hydrolysis) is 1. The summed E-state index contributed by atoms with van der Waals surface area (Å²) in [5, 5.41) is 11.6. The maximum Gasteiger partial charge on any atom is 0.407 e. The Morgan fingerprint density at radius 3 is 2.47 bits per heavy atom. The van der Waals surface area contributed by atoms with Crippen LogP contribution in [0.1, 0.15) is 24.8 Å². The number of carboxylic acid groups (broad SMARTS) is 1.